The number of nitriles is 1. The monoisotopic (exact) mass is 365 g/mol. The van der Waals surface area contributed by atoms with Gasteiger partial charge in [0.2, 0.25) is 0 Å². The summed E-state index contributed by atoms with van der Waals surface area (Å²) < 4.78 is 0. The summed E-state index contributed by atoms with van der Waals surface area (Å²) in [5.41, 5.74) is 0.701. The predicted octanol–water partition coefficient (Wildman–Crippen LogP) is 3.91. The molecule has 0 spiro atoms. The van der Waals surface area contributed by atoms with Crippen molar-refractivity contribution >= 4 is 28.5 Å². The zero-order chi connectivity index (χ0) is 18.5. The molecule has 0 fully saturated rings. The van der Waals surface area contributed by atoms with E-state index in [-0.39, 0.29) is 0 Å². The predicted molar refractivity (Wildman–Crippen MR) is 117 cm³/mol. The summed E-state index contributed by atoms with van der Waals surface area (Å²) in [6, 6.07) is 42.6. The molecule has 0 bridgehead atoms. The summed E-state index contributed by atoms with van der Waals surface area (Å²) in [7, 11) is -2.50. The Balaban J connectivity index is 2.15. The number of hydrogen-bond acceptors (Lipinski definition) is 1. The third-order valence-electron chi connectivity index (χ3n) is 5.05. The van der Waals surface area contributed by atoms with Crippen molar-refractivity contribution in [1.82, 2.24) is 0 Å². The molecule has 0 saturated heterocycles. The first kappa shape index (κ1) is 17.2. The molecule has 0 aromatic heterocycles. The Hall–Kier alpha value is -3.20. The van der Waals surface area contributed by atoms with Crippen LogP contribution in [-0.4, -0.2) is 0 Å². The molecule has 0 saturated carbocycles. The molecule has 2 heteroatoms. The summed E-state index contributed by atoms with van der Waals surface area (Å²) in [6.45, 7) is 0. The Morgan fingerprint density at radius 3 is 1.30 bits per heavy atom. The van der Waals surface area contributed by atoms with Gasteiger partial charge in [-0.2, -0.15) is 0 Å². The van der Waals surface area contributed by atoms with Crippen molar-refractivity contribution in [3.05, 3.63) is 121 Å². The van der Waals surface area contributed by atoms with Crippen molar-refractivity contribution in [3.63, 3.8) is 0 Å². The number of nitrogens with zero attached hydrogens (tertiary/aromatic N) is 1. The van der Waals surface area contributed by atoms with Crippen molar-refractivity contribution in [2.24, 2.45) is 0 Å². The van der Waals surface area contributed by atoms with E-state index < -0.39 is 7.26 Å². The van der Waals surface area contributed by atoms with Crippen molar-refractivity contribution in [1.29, 1.82) is 5.26 Å². The molecule has 4 rings (SSSR count). The van der Waals surface area contributed by atoms with Crippen LogP contribution in [0.2, 0.25) is 0 Å². The van der Waals surface area contributed by atoms with Crippen LogP contribution < -0.4 is 21.2 Å². The average Bonchev–Trinajstić information content (AvgIpc) is 2.77. The summed E-state index contributed by atoms with van der Waals surface area (Å²) in [5, 5.41) is 14.7. The maximum absolute atomic E-state index is 9.50. The molecular formula is C25H20NP. The van der Waals surface area contributed by atoms with Gasteiger partial charge in [0.15, 0.2) is 0 Å². The molecule has 130 valence electrons. The van der Waals surface area contributed by atoms with Gasteiger partial charge in [-0.3, -0.25) is 0 Å². The number of benzene rings is 4. The first-order valence-corrected chi connectivity index (χ1v) is 11.0. The Labute approximate surface area is 160 Å². The van der Waals surface area contributed by atoms with Gasteiger partial charge in [0.05, 0.1) is 0 Å². The molecule has 0 amide bonds. The molecule has 0 N–H and O–H groups in total. The molecule has 0 heterocycles. The van der Waals surface area contributed by atoms with Crippen LogP contribution in [0.5, 0.6) is 0 Å². The van der Waals surface area contributed by atoms with Gasteiger partial charge < -0.3 is 0 Å². The van der Waals surface area contributed by atoms with Gasteiger partial charge >= 0.3 is 161 Å². The van der Waals surface area contributed by atoms with Gasteiger partial charge in [-0.15, -0.1) is 0 Å². The minimum atomic E-state index is -2.50. The Morgan fingerprint density at radius 1 is 0.481 bits per heavy atom. The second kappa shape index (κ2) is 7.58. The van der Waals surface area contributed by atoms with Gasteiger partial charge in [-0.25, -0.2) is 0 Å². The average molecular weight is 365 g/mol. The second-order valence-electron chi connectivity index (χ2n) is 6.54. The second-order valence-corrected chi connectivity index (χ2v) is 10.4. The summed E-state index contributed by atoms with van der Waals surface area (Å²) >= 11 is 0. The first-order valence-electron chi connectivity index (χ1n) is 9.03. The topological polar surface area (TPSA) is 23.8 Å². The Morgan fingerprint density at radius 2 is 0.889 bits per heavy atom. The molecule has 0 aliphatic rings. The first-order chi connectivity index (χ1) is 13.4. The SMILES string of the molecule is N#Cc1cccc([PH](c2ccccc2)(c2ccccc2)c2ccccc2)c1. The van der Waals surface area contributed by atoms with Crippen molar-refractivity contribution in [3.8, 4) is 6.07 Å². The minimum absolute atomic E-state index is 0.701. The fourth-order valence-electron chi connectivity index (χ4n) is 3.89. The van der Waals surface area contributed by atoms with Crippen LogP contribution in [0.3, 0.4) is 0 Å². The van der Waals surface area contributed by atoms with Crippen LogP contribution in [0.15, 0.2) is 115 Å². The third-order valence-corrected chi connectivity index (χ3v) is 9.82. The van der Waals surface area contributed by atoms with E-state index >= 15 is 0 Å². The van der Waals surface area contributed by atoms with E-state index in [0.717, 1.165) is 0 Å². The third kappa shape index (κ3) is 3.06. The normalized spacial score (nSPS) is 11.5. The van der Waals surface area contributed by atoms with Gasteiger partial charge in [0.1, 0.15) is 0 Å². The van der Waals surface area contributed by atoms with E-state index in [1.165, 1.54) is 21.2 Å². The Bertz CT molecular complexity index is 971. The summed E-state index contributed by atoms with van der Waals surface area (Å²) in [4.78, 5) is 0. The molecule has 0 radical (unpaired) electrons. The van der Waals surface area contributed by atoms with E-state index in [4.69, 9.17) is 0 Å². The van der Waals surface area contributed by atoms with E-state index in [1.807, 2.05) is 12.1 Å². The molecule has 0 unspecified atom stereocenters. The standard InChI is InChI=1S/C25H20NP/c26-20-21-11-10-18-25(19-21)27(22-12-4-1-5-13-22,23-14-6-2-7-15-23)24-16-8-3-9-17-24/h1-19,27H. The van der Waals surface area contributed by atoms with Gasteiger partial charge in [0, 0.05) is 0 Å². The van der Waals surface area contributed by atoms with E-state index in [0.29, 0.717) is 5.56 Å². The van der Waals surface area contributed by atoms with Crippen LogP contribution in [0, 0.1) is 11.3 Å². The molecule has 0 atom stereocenters. The van der Waals surface area contributed by atoms with Crippen LogP contribution in [0.4, 0.5) is 0 Å². The molecule has 1 nitrogen and oxygen atoms in total. The van der Waals surface area contributed by atoms with Crippen LogP contribution in [-0.2, 0) is 0 Å². The van der Waals surface area contributed by atoms with E-state index in [2.05, 4.69) is 109 Å². The van der Waals surface area contributed by atoms with Gasteiger partial charge in [-0.1, -0.05) is 0 Å². The Kier molecular flexibility index (Phi) is 4.84. The van der Waals surface area contributed by atoms with Gasteiger partial charge in [0.25, 0.3) is 0 Å². The van der Waals surface area contributed by atoms with Crippen LogP contribution >= 0.6 is 7.26 Å². The summed E-state index contributed by atoms with van der Waals surface area (Å²) in [5.74, 6) is 0. The molecule has 0 aliphatic heterocycles. The van der Waals surface area contributed by atoms with E-state index in [1.54, 1.807) is 0 Å². The van der Waals surface area contributed by atoms with E-state index in [9.17, 15) is 5.26 Å². The number of hydrogen-bond donors (Lipinski definition) is 0. The molecular weight excluding hydrogens is 345 g/mol. The molecule has 27 heavy (non-hydrogen) atoms. The zero-order valence-electron chi connectivity index (χ0n) is 14.9. The van der Waals surface area contributed by atoms with Crippen molar-refractivity contribution < 1.29 is 0 Å². The zero-order valence-corrected chi connectivity index (χ0v) is 15.9. The fourth-order valence-corrected chi connectivity index (χ4v) is 8.68. The van der Waals surface area contributed by atoms with Crippen molar-refractivity contribution in [2.45, 2.75) is 0 Å². The molecule has 0 aliphatic carbocycles. The molecule has 4 aromatic rings. The van der Waals surface area contributed by atoms with Crippen molar-refractivity contribution in [2.75, 3.05) is 0 Å². The van der Waals surface area contributed by atoms with Gasteiger partial charge in [-0.05, 0) is 0 Å². The molecule has 4 aromatic carbocycles. The van der Waals surface area contributed by atoms with Crippen LogP contribution in [0.25, 0.3) is 0 Å². The summed E-state index contributed by atoms with van der Waals surface area (Å²) in [6.07, 6.45) is 0. The fraction of sp³-hybridized carbons (Fsp3) is 0. The maximum atomic E-state index is 9.50. The quantitative estimate of drug-likeness (QED) is 0.503. The van der Waals surface area contributed by atoms with Crippen LogP contribution in [0.1, 0.15) is 5.56 Å². The number of rotatable bonds is 4.